The van der Waals surface area contributed by atoms with Crippen molar-refractivity contribution in [3.05, 3.63) is 71.3 Å². The maximum Gasteiger partial charge on any atom is 0.222 e. The van der Waals surface area contributed by atoms with Gasteiger partial charge in [0, 0.05) is 38.0 Å². The third-order valence-electron chi connectivity index (χ3n) is 6.17. The van der Waals surface area contributed by atoms with Crippen LogP contribution in [0.1, 0.15) is 49.3 Å². The minimum atomic E-state index is 0.256. The molecule has 0 bridgehead atoms. The number of nitrogens with one attached hydrogen (secondary N) is 2. The molecule has 2 aromatic rings. The van der Waals surface area contributed by atoms with E-state index in [2.05, 4.69) is 72.2 Å². The minimum Gasteiger partial charge on any atom is -0.357 e. The molecule has 158 valence electrons. The fourth-order valence-electron chi connectivity index (χ4n) is 4.12. The van der Waals surface area contributed by atoms with Gasteiger partial charge in [-0.15, -0.1) is 0 Å². The van der Waals surface area contributed by atoms with Crippen molar-refractivity contribution in [3.8, 4) is 0 Å². The van der Waals surface area contributed by atoms with Crippen molar-refractivity contribution in [2.24, 2.45) is 4.99 Å². The number of hydrogen-bond acceptors (Lipinski definition) is 2. The van der Waals surface area contributed by atoms with Crippen LogP contribution in [0, 0.1) is 0 Å². The highest BCUT2D eigenvalue weighted by molar-refractivity contribution is 5.80. The highest BCUT2D eigenvalue weighted by Gasteiger charge is 2.43. The zero-order valence-corrected chi connectivity index (χ0v) is 17.9. The van der Waals surface area contributed by atoms with Gasteiger partial charge in [0.05, 0.1) is 6.54 Å². The van der Waals surface area contributed by atoms with E-state index in [0.29, 0.717) is 19.5 Å². The third-order valence-corrected chi connectivity index (χ3v) is 6.17. The van der Waals surface area contributed by atoms with E-state index >= 15 is 0 Å². The Morgan fingerprint density at radius 2 is 1.77 bits per heavy atom. The van der Waals surface area contributed by atoms with Crippen LogP contribution in [0.3, 0.4) is 0 Å². The van der Waals surface area contributed by atoms with Crippen molar-refractivity contribution in [2.75, 3.05) is 19.6 Å². The van der Waals surface area contributed by atoms with E-state index in [1.807, 2.05) is 4.90 Å². The van der Waals surface area contributed by atoms with Gasteiger partial charge in [-0.25, -0.2) is 4.99 Å². The summed E-state index contributed by atoms with van der Waals surface area (Å²) in [6.07, 6.45) is 4.13. The van der Waals surface area contributed by atoms with Gasteiger partial charge in [-0.1, -0.05) is 54.6 Å². The van der Waals surface area contributed by atoms with Crippen LogP contribution >= 0.6 is 0 Å². The molecule has 4 rings (SSSR count). The quantitative estimate of drug-likeness (QED) is 0.522. The number of hydrogen-bond donors (Lipinski definition) is 2. The smallest absolute Gasteiger partial charge is 0.222 e. The first-order valence-electron chi connectivity index (χ1n) is 11.1. The molecule has 1 aliphatic heterocycles. The summed E-state index contributed by atoms with van der Waals surface area (Å²) in [6.45, 7) is 6.08. The molecule has 2 aliphatic rings. The number of guanidine groups is 1. The molecule has 0 radical (unpaired) electrons. The first-order valence-corrected chi connectivity index (χ1v) is 11.1. The second kappa shape index (κ2) is 9.33. The highest BCUT2D eigenvalue weighted by Crippen LogP contribution is 2.47. The standard InChI is InChI=1S/C25H32N4O/c1-2-26-24(28-19-25(14-15-25)22-7-4-3-5-8-22)27-17-20-10-12-21(13-11-20)18-29-16-6-9-23(29)30/h3-5,7-8,10-13H,2,6,9,14-19H2,1H3,(H2,26,27,28). The number of amides is 1. The lowest BCUT2D eigenvalue weighted by Crippen LogP contribution is -2.41. The molecule has 1 saturated carbocycles. The Hall–Kier alpha value is -2.82. The monoisotopic (exact) mass is 404 g/mol. The first-order chi connectivity index (χ1) is 14.7. The maximum absolute atomic E-state index is 11.8. The highest BCUT2D eigenvalue weighted by atomic mass is 16.2. The number of likely N-dealkylation sites (tertiary alicyclic amines) is 1. The van der Waals surface area contributed by atoms with Gasteiger partial charge >= 0.3 is 0 Å². The summed E-state index contributed by atoms with van der Waals surface area (Å²) in [5.41, 5.74) is 4.03. The van der Waals surface area contributed by atoms with E-state index in [-0.39, 0.29) is 11.3 Å². The summed E-state index contributed by atoms with van der Waals surface area (Å²) >= 11 is 0. The van der Waals surface area contributed by atoms with Crippen molar-refractivity contribution >= 4 is 11.9 Å². The van der Waals surface area contributed by atoms with Gasteiger partial charge in [0.25, 0.3) is 0 Å². The number of carbonyl (C=O) groups excluding carboxylic acids is 1. The average Bonchev–Trinajstić information content (AvgIpc) is 3.48. The number of nitrogens with zero attached hydrogens (tertiary/aromatic N) is 2. The zero-order valence-electron chi connectivity index (χ0n) is 17.9. The lowest BCUT2D eigenvalue weighted by Gasteiger charge is -2.19. The third kappa shape index (κ3) is 5.02. The Kier molecular flexibility index (Phi) is 6.36. The largest absolute Gasteiger partial charge is 0.357 e. The number of carbonyl (C=O) groups is 1. The molecule has 1 heterocycles. The van der Waals surface area contributed by atoms with Crippen LogP contribution in [0.25, 0.3) is 0 Å². The molecular weight excluding hydrogens is 372 g/mol. The molecule has 5 heteroatoms. The van der Waals surface area contributed by atoms with Gasteiger partial charge in [0.15, 0.2) is 5.96 Å². The van der Waals surface area contributed by atoms with Crippen molar-refractivity contribution in [3.63, 3.8) is 0 Å². The van der Waals surface area contributed by atoms with Gasteiger partial charge in [0.1, 0.15) is 0 Å². The van der Waals surface area contributed by atoms with E-state index in [1.165, 1.54) is 29.5 Å². The molecule has 1 saturated heterocycles. The van der Waals surface area contributed by atoms with Crippen LogP contribution in [-0.2, 0) is 23.3 Å². The Morgan fingerprint density at radius 3 is 2.40 bits per heavy atom. The fourth-order valence-corrected chi connectivity index (χ4v) is 4.12. The summed E-state index contributed by atoms with van der Waals surface area (Å²) in [4.78, 5) is 18.5. The zero-order chi connectivity index (χ0) is 20.8. The molecule has 5 nitrogen and oxygen atoms in total. The molecule has 0 unspecified atom stereocenters. The second-order valence-electron chi connectivity index (χ2n) is 8.43. The molecule has 0 aromatic heterocycles. The molecule has 2 aromatic carbocycles. The molecule has 30 heavy (non-hydrogen) atoms. The molecule has 0 spiro atoms. The number of benzene rings is 2. The van der Waals surface area contributed by atoms with Crippen LogP contribution in [0.2, 0.25) is 0 Å². The average molecular weight is 405 g/mol. The molecular formula is C25H32N4O. The summed E-state index contributed by atoms with van der Waals surface area (Å²) in [7, 11) is 0. The number of rotatable bonds is 8. The van der Waals surface area contributed by atoms with Gasteiger partial charge in [-0.2, -0.15) is 0 Å². The van der Waals surface area contributed by atoms with E-state index < -0.39 is 0 Å². The van der Waals surface area contributed by atoms with Gasteiger partial charge in [0.2, 0.25) is 5.91 Å². The van der Waals surface area contributed by atoms with Gasteiger partial charge < -0.3 is 15.5 Å². The van der Waals surface area contributed by atoms with E-state index in [9.17, 15) is 4.79 Å². The molecule has 1 amide bonds. The van der Waals surface area contributed by atoms with Crippen LogP contribution in [0.15, 0.2) is 59.6 Å². The Labute approximate surface area is 179 Å². The SMILES string of the molecule is CCNC(=NCc1ccc(CN2CCCC2=O)cc1)NCC1(c2ccccc2)CC1. The molecule has 0 atom stereocenters. The van der Waals surface area contributed by atoms with Gasteiger partial charge in [-0.3, -0.25) is 4.79 Å². The van der Waals surface area contributed by atoms with E-state index in [0.717, 1.165) is 32.0 Å². The van der Waals surface area contributed by atoms with Crippen molar-refractivity contribution in [2.45, 2.75) is 51.1 Å². The second-order valence-corrected chi connectivity index (χ2v) is 8.43. The Balaban J connectivity index is 1.33. The topological polar surface area (TPSA) is 56.7 Å². The lowest BCUT2D eigenvalue weighted by molar-refractivity contribution is -0.128. The lowest BCUT2D eigenvalue weighted by atomic mass is 9.96. The predicted molar refractivity (Wildman–Crippen MR) is 121 cm³/mol. The van der Waals surface area contributed by atoms with Crippen LogP contribution < -0.4 is 10.6 Å². The fraction of sp³-hybridized carbons (Fsp3) is 0.440. The first kappa shape index (κ1) is 20.5. The number of aliphatic imine (C=N–C) groups is 1. The van der Waals surface area contributed by atoms with Crippen molar-refractivity contribution in [1.29, 1.82) is 0 Å². The van der Waals surface area contributed by atoms with Crippen LogP contribution in [0.5, 0.6) is 0 Å². The van der Waals surface area contributed by atoms with Crippen LogP contribution in [0.4, 0.5) is 0 Å². The van der Waals surface area contributed by atoms with Crippen LogP contribution in [-0.4, -0.2) is 36.4 Å². The Morgan fingerprint density at radius 1 is 1.03 bits per heavy atom. The molecule has 1 aliphatic carbocycles. The van der Waals surface area contributed by atoms with Gasteiger partial charge in [-0.05, 0) is 42.9 Å². The summed E-state index contributed by atoms with van der Waals surface area (Å²) in [5.74, 6) is 1.14. The summed E-state index contributed by atoms with van der Waals surface area (Å²) < 4.78 is 0. The van der Waals surface area contributed by atoms with Crippen molar-refractivity contribution < 1.29 is 4.79 Å². The minimum absolute atomic E-state index is 0.256. The van der Waals surface area contributed by atoms with E-state index in [1.54, 1.807) is 0 Å². The normalized spacial score (nSPS) is 17.8. The van der Waals surface area contributed by atoms with E-state index in [4.69, 9.17) is 4.99 Å². The van der Waals surface area contributed by atoms with Crippen molar-refractivity contribution in [1.82, 2.24) is 15.5 Å². The maximum atomic E-state index is 11.8. The predicted octanol–water partition coefficient (Wildman–Crippen LogP) is 3.60. The summed E-state index contributed by atoms with van der Waals surface area (Å²) in [6, 6.07) is 19.3. The molecule has 2 fully saturated rings. The summed E-state index contributed by atoms with van der Waals surface area (Å²) in [5, 5.41) is 6.92. The molecule has 2 N–H and O–H groups in total. The Bertz CT molecular complexity index is 872.